The van der Waals surface area contributed by atoms with E-state index in [-0.39, 0.29) is 23.7 Å². The number of carbonyl (C=O) groups is 1. The van der Waals surface area contributed by atoms with Gasteiger partial charge in [-0.25, -0.2) is 14.8 Å². The molecule has 0 amide bonds. The van der Waals surface area contributed by atoms with Crippen LogP contribution in [0.25, 0.3) is 0 Å². The Hall–Kier alpha value is -2.81. The Balaban J connectivity index is 1.60. The lowest BCUT2D eigenvalue weighted by atomic mass is 9.97. The van der Waals surface area contributed by atoms with Crippen LogP contribution in [0, 0.1) is 11.7 Å². The van der Waals surface area contributed by atoms with E-state index in [9.17, 15) is 9.18 Å². The Morgan fingerprint density at radius 1 is 1.50 bits per heavy atom. The van der Waals surface area contributed by atoms with E-state index in [1.165, 1.54) is 7.11 Å². The molecule has 26 heavy (non-hydrogen) atoms. The smallest absolute Gasteiger partial charge is 0.312 e. The molecule has 1 fully saturated rings. The van der Waals surface area contributed by atoms with E-state index in [2.05, 4.69) is 20.5 Å². The molecule has 0 radical (unpaired) electrons. The maximum Gasteiger partial charge on any atom is 0.312 e. The van der Waals surface area contributed by atoms with Crippen LogP contribution in [0.15, 0.2) is 35.1 Å². The van der Waals surface area contributed by atoms with Crippen molar-refractivity contribution in [1.82, 2.24) is 9.97 Å². The quantitative estimate of drug-likeness (QED) is 0.483. The molecule has 0 saturated carbocycles. The number of halogens is 1. The molecule has 0 bridgehead atoms. The van der Waals surface area contributed by atoms with Crippen LogP contribution in [0.3, 0.4) is 0 Å². The van der Waals surface area contributed by atoms with E-state index >= 15 is 0 Å². The molecule has 3 rings (SSSR count). The fraction of sp³-hybridized carbons (Fsp3) is 0.412. The van der Waals surface area contributed by atoms with Crippen molar-refractivity contribution in [3.05, 3.63) is 35.8 Å². The lowest BCUT2D eigenvalue weighted by Gasteiger charge is -2.27. The van der Waals surface area contributed by atoms with Gasteiger partial charge in [-0.3, -0.25) is 4.79 Å². The predicted octanol–water partition coefficient (Wildman–Crippen LogP) is 1.53. The van der Waals surface area contributed by atoms with Crippen LogP contribution in [-0.4, -0.2) is 55.6 Å². The van der Waals surface area contributed by atoms with E-state index in [4.69, 9.17) is 9.47 Å². The first-order valence-electron chi connectivity index (χ1n) is 8.28. The van der Waals surface area contributed by atoms with Crippen molar-refractivity contribution in [3.63, 3.8) is 0 Å². The molecule has 0 aromatic carbocycles. The van der Waals surface area contributed by atoms with Crippen molar-refractivity contribution in [2.45, 2.75) is 6.42 Å². The summed E-state index contributed by atoms with van der Waals surface area (Å²) in [5, 5.41) is 4.07. The summed E-state index contributed by atoms with van der Waals surface area (Å²) in [6, 6.07) is 0. The van der Waals surface area contributed by atoms with Crippen LogP contribution in [0.2, 0.25) is 0 Å². The Labute approximate surface area is 150 Å². The number of allylic oxidation sites excluding steroid dienone is 3. The minimum atomic E-state index is -0.479. The lowest BCUT2D eigenvalue weighted by molar-refractivity contribution is -0.143. The monoisotopic (exact) mass is 361 g/mol. The van der Waals surface area contributed by atoms with Crippen LogP contribution in [-0.2, 0) is 14.3 Å². The molecule has 1 unspecified atom stereocenters. The molecule has 9 heteroatoms. The normalized spacial score (nSPS) is 20.2. The maximum absolute atomic E-state index is 14.0. The SMILES string of the molecule is COC(=O)C1C=CC(/C=N\Nc2ncc(F)c(N3CCOCC3)n2)=CC1. The van der Waals surface area contributed by atoms with Gasteiger partial charge in [-0.2, -0.15) is 10.1 Å². The van der Waals surface area contributed by atoms with Crippen molar-refractivity contribution < 1.29 is 18.7 Å². The van der Waals surface area contributed by atoms with E-state index in [0.717, 1.165) is 11.8 Å². The zero-order valence-corrected chi connectivity index (χ0v) is 14.4. The molecule has 1 aliphatic carbocycles. The topological polar surface area (TPSA) is 88.9 Å². The second kappa shape index (κ2) is 8.52. The van der Waals surface area contributed by atoms with Crippen molar-refractivity contribution in [2.75, 3.05) is 43.7 Å². The summed E-state index contributed by atoms with van der Waals surface area (Å²) in [4.78, 5) is 21.3. The lowest BCUT2D eigenvalue weighted by Crippen LogP contribution is -2.37. The fourth-order valence-electron chi connectivity index (χ4n) is 2.63. The first kappa shape index (κ1) is 18.0. The summed E-state index contributed by atoms with van der Waals surface area (Å²) in [5.74, 6) is -0.563. The van der Waals surface area contributed by atoms with Crippen molar-refractivity contribution in [3.8, 4) is 0 Å². The van der Waals surface area contributed by atoms with E-state index < -0.39 is 5.82 Å². The predicted molar refractivity (Wildman–Crippen MR) is 94.5 cm³/mol. The number of anilines is 2. The number of carbonyl (C=O) groups excluding carboxylic acids is 1. The second-order valence-corrected chi connectivity index (χ2v) is 5.76. The number of hydrogen-bond acceptors (Lipinski definition) is 8. The zero-order chi connectivity index (χ0) is 18.4. The molecule has 2 aliphatic rings. The van der Waals surface area contributed by atoms with E-state index in [1.807, 2.05) is 11.0 Å². The summed E-state index contributed by atoms with van der Waals surface area (Å²) in [6.45, 7) is 2.24. The molecule has 138 valence electrons. The van der Waals surface area contributed by atoms with E-state index in [1.54, 1.807) is 18.4 Å². The van der Waals surface area contributed by atoms with Gasteiger partial charge in [0.25, 0.3) is 0 Å². The third kappa shape index (κ3) is 4.42. The van der Waals surface area contributed by atoms with Crippen molar-refractivity contribution >= 4 is 24.0 Å². The summed E-state index contributed by atoms with van der Waals surface area (Å²) >= 11 is 0. The molecule has 1 aliphatic heterocycles. The molecule has 1 aromatic rings. The first-order chi connectivity index (χ1) is 12.7. The van der Waals surface area contributed by atoms with Crippen LogP contribution < -0.4 is 10.3 Å². The number of aromatic nitrogens is 2. The number of hydrazone groups is 1. The molecule has 2 heterocycles. The van der Waals surface area contributed by atoms with Gasteiger partial charge in [-0.1, -0.05) is 18.2 Å². The highest BCUT2D eigenvalue weighted by Gasteiger charge is 2.18. The Morgan fingerprint density at radius 3 is 3.00 bits per heavy atom. The minimum Gasteiger partial charge on any atom is -0.469 e. The van der Waals surface area contributed by atoms with Gasteiger partial charge in [-0.15, -0.1) is 0 Å². The summed E-state index contributed by atoms with van der Waals surface area (Å²) in [6.07, 6.45) is 8.72. The zero-order valence-electron chi connectivity index (χ0n) is 14.4. The largest absolute Gasteiger partial charge is 0.469 e. The molecule has 8 nitrogen and oxygen atoms in total. The molecule has 1 N–H and O–H groups in total. The average Bonchev–Trinajstić information content (AvgIpc) is 2.70. The average molecular weight is 361 g/mol. The van der Waals surface area contributed by atoms with Gasteiger partial charge >= 0.3 is 5.97 Å². The van der Waals surface area contributed by atoms with Gasteiger partial charge in [0.2, 0.25) is 5.95 Å². The van der Waals surface area contributed by atoms with E-state index in [0.29, 0.717) is 32.7 Å². The molecular formula is C17H20FN5O3. The molecule has 1 aromatic heterocycles. The molecular weight excluding hydrogens is 341 g/mol. The minimum absolute atomic E-state index is 0.206. The fourth-order valence-corrected chi connectivity index (χ4v) is 2.63. The Morgan fingerprint density at radius 2 is 2.31 bits per heavy atom. The highest BCUT2D eigenvalue weighted by atomic mass is 19.1. The van der Waals surface area contributed by atoms with Gasteiger partial charge in [0.1, 0.15) is 0 Å². The molecule has 1 atom stereocenters. The van der Waals surface area contributed by atoms with Gasteiger partial charge in [-0.05, 0) is 12.0 Å². The van der Waals surface area contributed by atoms with Crippen LogP contribution in [0.5, 0.6) is 0 Å². The third-order valence-corrected chi connectivity index (χ3v) is 4.05. The maximum atomic E-state index is 14.0. The number of methoxy groups -OCH3 is 1. The van der Waals surface area contributed by atoms with Gasteiger partial charge in [0, 0.05) is 13.1 Å². The number of nitrogens with one attached hydrogen (secondary N) is 1. The van der Waals surface area contributed by atoms with Crippen LogP contribution >= 0.6 is 0 Å². The number of hydrogen-bond donors (Lipinski definition) is 1. The van der Waals surface area contributed by atoms with Gasteiger partial charge in [0.05, 0.1) is 38.7 Å². The Kier molecular flexibility index (Phi) is 5.90. The summed E-state index contributed by atoms with van der Waals surface area (Å²) < 4.78 is 23.9. The highest BCUT2D eigenvalue weighted by Crippen LogP contribution is 2.19. The highest BCUT2D eigenvalue weighted by molar-refractivity contribution is 5.84. The standard InChI is InChI=1S/C17H20FN5O3/c1-25-16(24)13-4-2-12(3-5-13)10-20-22-17-19-11-14(18)15(21-17)23-6-8-26-9-7-23/h2-4,10-11,13H,5-9H2,1H3,(H,19,21,22)/b20-10-. The van der Waals surface area contributed by atoms with Gasteiger partial charge < -0.3 is 14.4 Å². The third-order valence-electron chi connectivity index (χ3n) is 4.05. The number of esters is 1. The Bertz CT molecular complexity index is 744. The first-order valence-corrected chi connectivity index (χ1v) is 8.28. The second-order valence-electron chi connectivity index (χ2n) is 5.76. The van der Waals surface area contributed by atoms with Crippen LogP contribution in [0.1, 0.15) is 6.42 Å². The van der Waals surface area contributed by atoms with Crippen LogP contribution in [0.4, 0.5) is 16.2 Å². The summed E-state index contributed by atoms with van der Waals surface area (Å²) in [5.41, 5.74) is 3.54. The number of nitrogens with zero attached hydrogens (tertiary/aromatic N) is 4. The molecule has 1 saturated heterocycles. The van der Waals surface area contributed by atoms with Crippen molar-refractivity contribution in [1.29, 1.82) is 0 Å². The molecule has 0 spiro atoms. The van der Waals surface area contributed by atoms with Gasteiger partial charge in [0.15, 0.2) is 11.6 Å². The number of morpholine rings is 1. The number of rotatable bonds is 5. The number of ether oxygens (including phenoxy) is 2. The van der Waals surface area contributed by atoms with Crippen molar-refractivity contribution in [2.24, 2.45) is 11.0 Å². The summed E-state index contributed by atoms with van der Waals surface area (Å²) in [7, 11) is 1.37.